The molecule has 2 saturated heterocycles. The summed E-state index contributed by atoms with van der Waals surface area (Å²) in [5.41, 5.74) is 0.673. The topological polar surface area (TPSA) is 49.3 Å². The van der Waals surface area contributed by atoms with Crippen LogP contribution in [0.15, 0.2) is 5.16 Å². The number of anilines is 2. The van der Waals surface area contributed by atoms with Gasteiger partial charge in [-0.25, -0.2) is 9.97 Å². The quantitative estimate of drug-likeness (QED) is 0.482. The van der Waals surface area contributed by atoms with E-state index in [4.69, 9.17) is 0 Å². The number of carbonyl (C=O) groups is 1. The molecule has 0 saturated carbocycles. The van der Waals surface area contributed by atoms with Crippen LogP contribution in [-0.4, -0.2) is 48.7 Å². The van der Waals surface area contributed by atoms with E-state index in [1.54, 1.807) is 11.8 Å². The molecule has 0 amide bonds. The van der Waals surface area contributed by atoms with E-state index < -0.39 is 0 Å². The number of rotatable bonds is 4. The van der Waals surface area contributed by atoms with Gasteiger partial charge < -0.3 is 9.80 Å². The van der Waals surface area contributed by atoms with Gasteiger partial charge in [0.15, 0.2) is 11.4 Å². The lowest BCUT2D eigenvalue weighted by molar-refractivity contribution is 0.112. The second kappa shape index (κ2) is 5.99. The zero-order valence-corrected chi connectivity index (χ0v) is 12.7. The summed E-state index contributed by atoms with van der Waals surface area (Å²) in [7, 11) is 0. The summed E-state index contributed by atoms with van der Waals surface area (Å²) in [4.78, 5) is 25.3. The molecule has 2 aliphatic rings. The predicted octanol–water partition coefficient (Wildman–Crippen LogP) is 2.21. The number of carbonyl (C=O) groups excluding carboxylic acids is 1. The van der Waals surface area contributed by atoms with Gasteiger partial charge in [0.1, 0.15) is 11.6 Å². The summed E-state index contributed by atoms with van der Waals surface area (Å²) in [5, 5.41) is 0.763. The lowest BCUT2D eigenvalue weighted by Crippen LogP contribution is -2.26. The first-order valence-corrected chi connectivity index (χ1v) is 8.47. The Morgan fingerprint density at radius 1 is 0.950 bits per heavy atom. The van der Waals surface area contributed by atoms with Crippen molar-refractivity contribution < 1.29 is 4.79 Å². The molecule has 0 radical (unpaired) electrons. The van der Waals surface area contributed by atoms with E-state index in [1.807, 2.05) is 6.26 Å². The van der Waals surface area contributed by atoms with Crippen LogP contribution in [0.25, 0.3) is 0 Å². The fourth-order valence-electron chi connectivity index (χ4n) is 2.96. The number of hydrogen-bond donors (Lipinski definition) is 0. The molecule has 0 aliphatic carbocycles. The van der Waals surface area contributed by atoms with Gasteiger partial charge in [0.2, 0.25) is 0 Å². The smallest absolute Gasteiger partial charge is 0.191 e. The Hall–Kier alpha value is -1.30. The predicted molar refractivity (Wildman–Crippen MR) is 82.1 cm³/mol. The summed E-state index contributed by atoms with van der Waals surface area (Å²) in [5.74, 6) is 1.66. The third kappa shape index (κ3) is 2.49. The Morgan fingerprint density at radius 2 is 1.40 bits per heavy atom. The average molecular weight is 292 g/mol. The molecule has 6 heteroatoms. The van der Waals surface area contributed by atoms with Crippen molar-refractivity contribution in [3.05, 3.63) is 5.56 Å². The lowest BCUT2D eigenvalue weighted by atomic mass is 10.2. The monoisotopic (exact) mass is 292 g/mol. The second-order valence-electron chi connectivity index (χ2n) is 5.28. The lowest BCUT2D eigenvalue weighted by Gasteiger charge is -2.24. The number of thioether (sulfide) groups is 1. The van der Waals surface area contributed by atoms with Crippen molar-refractivity contribution in [2.45, 2.75) is 30.8 Å². The summed E-state index contributed by atoms with van der Waals surface area (Å²) < 4.78 is 0. The normalized spacial score (nSPS) is 18.9. The number of nitrogens with zero attached hydrogens (tertiary/aromatic N) is 4. The van der Waals surface area contributed by atoms with Crippen LogP contribution in [0.1, 0.15) is 36.0 Å². The molecular formula is C14H20N4OS. The van der Waals surface area contributed by atoms with Crippen LogP contribution in [-0.2, 0) is 0 Å². The highest BCUT2D eigenvalue weighted by atomic mass is 32.2. The van der Waals surface area contributed by atoms with Crippen LogP contribution in [0.3, 0.4) is 0 Å². The SMILES string of the molecule is CSc1nc(N2CCCC2)c(C=O)c(N2CCCC2)n1. The number of aromatic nitrogens is 2. The first-order chi connectivity index (χ1) is 9.83. The van der Waals surface area contributed by atoms with Crippen LogP contribution in [0, 0.1) is 0 Å². The molecule has 0 spiro atoms. The highest BCUT2D eigenvalue weighted by molar-refractivity contribution is 7.98. The molecule has 0 aromatic carbocycles. The summed E-state index contributed by atoms with van der Waals surface area (Å²) >= 11 is 1.54. The molecule has 108 valence electrons. The van der Waals surface area contributed by atoms with Gasteiger partial charge in [-0.15, -0.1) is 0 Å². The van der Waals surface area contributed by atoms with Gasteiger partial charge in [0, 0.05) is 26.2 Å². The Morgan fingerprint density at radius 3 is 1.75 bits per heavy atom. The minimum Gasteiger partial charge on any atom is -0.356 e. The maximum atomic E-state index is 11.6. The van der Waals surface area contributed by atoms with Gasteiger partial charge in [-0.05, 0) is 31.9 Å². The first-order valence-electron chi connectivity index (χ1n) is 7.24. The van der Waals surface area contributed by atoms with Crippen LogP contribution in [0.4, 0.5) is 11.6 Å². The molecule has 1 aromatic rings. The van der Waals surface area contributed by atoms with Crippen molar-refractivity contribution in [3.8, 4) is 0 Å². The average Bonchev–Trinajstić information content (AvgIpc) is 3.18. The van der Waals surface area contributed by atoms with Gasteiger partial charge >= 0.3 is 0 Å². The molecule has 0 unspecified atom stereocenters. The third-order valence-electron chi connectivity index (χ3n) is 4.00. The van der Waals surface area contributed by atoms with E-state index >= 15 is 0 Å². The second-order valence-corrected chi connectivity index (χ2v) is 6.05. The molecule has 3 heterocycles. The van der Waals surface area contributed by atoms with E-state index in [0.29, 0.717) is 5.56 Å². The largest absolute Gasteiger partial charge is 0.356 e. The summed E-state index contributed by atoms with van der Waals surface area (Å²) in [6.45, 7) is 3.96. The highest BCUT2D eigenvalue weighted by Crippen LogP contribution is 2.31. The van der Waals surface area contributed by atoms with Crippen molar-refractivity contribution in [3.63, 3.8) is 0 Å². The van der Waals surface area contributed by atoms with Crippen LogP contribution >= 0.6 is 11.8 Å². The van der Waals surface area contributed by atoms with E-state index in [0.717, 1.165) is 49.3 Å². The van der Waals surface area contributed by atoms with Crippen LogP contribution < -0.4 is 9.80 Å². The fourth-order valence-corrected chi connectivity index (χ4v) is 3.32. The molecule has 3 rings (SSSR count). The Labute approximate surface area is 123 Å². The Kier molecular flexibility index (Phi) is 4.10. The molecule has 1 aromatic heterocycles. The van der Waals surface area contributed by atoms with E-state index in [-0.39, 0.29) is 0 Å². The molecule has 0 atom stereocenters. The van der Waals surface area contributed by atoms with Crippen molar-refractivity contribution in [1.29, 1.82) is 0 Å². The van der Waals surface area contributed by atoms with Gasteiger partial charge in [0.25, 0.3) is 0 Å². The minimum absolute atomic E-state index is 0.673. The zero-order valence-electron chi connectivity index (χ0n) is 11.8. The fraction of sp³-hybridized carbons (Fsp3) is 0.643. The molecule has 0 N–H and O–H groups in total. The maximum absolute atomic E-state index is 11.6. The highest BCUT2D eigenvalue weighted by Gasteiger charge is 2.25. The Bertz CT molecular complexity index is 459. The number of aldehydes is 1. The van der Waals surface area contributed by atoms with Gasteiger partial charge in [-0.3, -0.25) is 4.79 Å². The molecule has 2 aliphatic heterocycles. The van der Waals surface area contributed by atoms with Crippen molar-refractivity contribution in [2.24, 2.45) is 0 Å². The van der Waals surface area contributed by atoms with Crippen molar-refractivity contribution in [1.82, 2.24) is 9.97 Å². The minimum atomic E-state index is 0.673. The maximum Gasteiger partial charge on any atom is 0.191 e. The van der Waals surface area contributed by atoms with Crippen molar-refractivity contribution >= 4 is 29.7 Å². The van der Waals surface area contributed by atoms with E-state index in [9.17, 15) is 4.79 Å². The molecule has 20 heavy (non-hydrogen) atoms. The van der Waals surface area contributed by atoms with Gasteiger partial charge in [-0.1, -0.05) is 11.8 Å². The molecule has 0 bridgehead atoms. The van der Waals surface area contributed by atoms with E-state index in [1.165, 1.54) is 25.7 Å². The zero-order chi connectivity index (χ0) is 13.9. The Balaban J connectivity index is 2.06. The van der Waals surface area contributed by atoms with Crippen LogP contribution in [0.2, 0.25) is 0 Å². The van der Waals surface area contributed by atoms with Crippen molar-refractivity contribution in [2.75, 3.05) is 42.2 Å². The number of hydrogen-bond acceptors (Lipinski definition) is 6. The first kappa shape index (κ1) is 13.7. The van der Waals surface area contributed by atoms with Crippen LogP contribution in [0.5, 0.6) is 0 Å². The molecule has 2 fully saturated rings. The van der Waals surface area contributed by atoms with E-state index in [2.05, 4.69) is 19.8 Å². The summed E-state index contributed by atoms with van der Waals surface area (Å²) in [6, 6.07) is 0. The third-order valence-corrected chi connectivity index (χ3v) is 4.54. The summed E-state index contributed by atoms with van der Waals surface area (Å²) in [6.07, 6.45) is 7.63. The van der Waals surface area contributed by atoms with Gasteiger partial charge in [0.05, 0.1) is 5.56 Å². The standard InChI is InChI=1S/C14H20N4OS/c1-20-14-15-12(17-6-2-3-7-17)11(10-19)13(16-14)18-8-4-5-9-18/h10H,2-9H2,1H3. The molecule has 5 nitrogen and oxygen atoms in total. The van der Waals surface area contributed by atoms with Gasteiger partial charge in [-0.2, -0.15) is 0 Å². The molecular weight excluding hydrogens is 272 g/mol.